The summed E-state index contributed by atoms with van der Waals surface area (Å²) in [7, 11) is 0. The predicted molar refractivity (Wildman–Crippen MR) is 87.0 cm³/mol. The minimum absolute atomic E-state index is 0.403. The molecule has 0 unspecified atom stereocenters. The Kier molecular flexibility index (Phi) is 4.81. The number of nitrogens with two attached hydrogens (primary N) is 1. The molecule has 0 radical (unpaired) electrons. The number of halogens is 1. The molecule has 3 rings (SSSR count). The van der Waals surface area contributed by atoms with Gasteiger partial charge in [0.15, 0.2) is 0 Å². The van der Waals surface area contributed by atoms with Crippen molar-refractivity contribution in [2.45, 2.75) is 31.7 Å². The molecular formula is C16H19ClN4O2. The fraction of sp³-hybridized carbons (Fsp3) is 0.438. The maximum absolute atomic E-state index is 10.5. The zero-order valence-electron chi connectivity index (χ0n) is 12.7. The van der Waals surface area contributed by atoms with Crippen LogP contribution in [-0.4, -0.2) is 27.5 Å². The van der Waals surface area contributed by atoms with Crippen molar-refractivity contribution in [2.75, 3.05) is 6.61 Å². The lowest BCUT2D eigenvalue weighted by Crippen LogP contribution is -2.27. The number of hydrogen-bond donors (Lipinski definition) is 1. The first-order valence-corrected chi connectivity index (χ1v) is 8.08. The number of nitrogens with zero attached hydrogens (tertiary/aromatic N) is 3. The fourth-order valence-corrected chi connectivity index (χ4v) is 3.19. The third-order valence-electron chi connectivity index (χ3n) is 4.22. The van der Waals surface area contributed by atoms with Gasteiger partial charge in [-0.05, 0) is 43.7 Å². The van der Waals surface area contributed by atoms with Gasteiger partial charge in [-0.3, -0.25) is 9.67 Å². The van der Waals surface area contributed by atoms with Gasteiger partial charge in [-0.25, -0.2) is 4.79 Å². The molecule has 6 nitrogen and oxygen atoms in total. The summed E-state index contributed by atoms with van der Waals surface area (Å²) in [6, 6.07) is 4.07. The molecule has 1 aliphatic carbocycles. The monoisotopic (exact) mass is 334 g/mol. The second-order valence-corrected chi connectivity index (χ2v) is 6.25. The van der Waals surface area contributed by atoms with Crippen LogP contribution in [0.4, 0.5) is 4.79 Å². The molecule has 0 aliphatic heterocycles. The summed E-state index contributed by atoms with van der Waals surface area (Å²) in [5.41, 5.74) is 6.63. The highest BCUT2D eigenvalue weighted by Crippen LogP contribution is 2.40. The van der Waals surface area contributed by atoms with Crippen LogP contribution in [0.25, 0.3) is 11.3 Å². The highest BCUT2D eigenvalue weighted by atomic mass is 35.5. The van der Waals surface area contributed by atoms with E-state index in [9.17, 15) is 4.79 Å². The molecule has 2 N–H and O–H groups in total. The van der Waals surface area contributed by atoms with Crippen LogP contribution in [0.3, 0.4) is 0 Å². The molecule has 1 saturated carbocycles. The molecule has 2 aromatic rings. The number of rotatable bonds is 6. The lowest BCUT2D eigenvalue weighted by atomic mass is 9.77. The van der Waals surface area contributed by atoms with Crippen LogP contribution >= 0.6 is 11.6 Å². The van der Waals surface area contributed by atoms with E-state index < -0.39 is 6.09 Å². The number of amides is 1. The molecule has 0 bridgehead atoms. The molecule has 0 atom stereocenters. The first-order chi connectivity index (χ1) is 11.1. The SMILES string of the molecule is NC(=O)OCCCC1CC(n2cc(-c3ncccc3Cl)cn2)C1. The molecule has 1 amide bonds. The van der Waals surface area contributed by atoms with Gasteiger partial charge in [-0.1, -0.05) is 11.6 Å². The van der Waals surface area contributed by atoms with Gasteiger partial charge in [0.1, 0.15) is 0 Å². The second kappa shape index (κ2) is 7.00. The van der Waals surface area contributed by atoms with E-state index in [4.69, 9.17) is 22.1 Å². The van der Waals surface area contributed by atoms with Crippen LogP contribution in [0.5, 0.6) is 0 Å². The van der Waals surface area contributed by atoms with E-state index in [2.05, 4.69) is 10.1 Å². The minimum Gasteiger partial charge on any atom is -0.450 e. The molecule has 1 aliphatic rings. The molecule has 0 saturated heterocycles. The Labute approximate surface area is 139 Å². The molecule has 0 aromatic carbocycles. The van der Waals surface area contributed by atoms with Gasteiger partial charge in [-0.2, -0.15) is 5.10 Å². The van der Waals surface area contributed by atoms with E-state index in [1.165, 1.54) is 0 Å². The number of hydrogen-bond acceptors (Lipinski definition) is 4. The number of aromatic nitrogens is 3. The van der Waals surface area contributed by atoms with E-state index in [0.29, 0.717) is 23.6 Å². The Morgan fingerprint density at radius 3 is 3.04 bits per heavy atom. The van der Waals surface area contributed by atoms with Crippen LogP contribution in [-0.2, 0) is 4.74 Å². The first kappa shape index (κ1) is 15.8. The van der Waals surface area contributed by atoms with E-state index in [-0.39, 0.29) is 0 Å². The first-order valence-electron chi connectivity index (χ1n) is 7.70. The average molecular weight is 335 g/mol. The summed E-state index contributed by atoms with van der Waals surface area (Å²) < 4.78 is 6.73. The van der Waals surface area contributed by atoms with Crippen molar-refractivity contribution in [3.05, 3.63) is 35.7 Å². The molecule has 7 heteroatoms. The summed E-state index contributed by atoms with van der Waals surface area (Å²) >= 11 is 6.17. The Balaban J connectivity index is 1.49. The molecule has 23 heavy (non-hydrogen) atoms. The van der Waals surface area contributed by atoms with Gasteiger partial charge < -0.3 is 10.5 Å². The van der Waals surface area contributed by atoms with Crippen molar-refractivity contribution in [2.24, 2.45) is 11.7 Å². The van der Waals surface area contributed by atoms with Gasteiger partial charge in [-0.15, -0.1) is 0 Å². The Hall–Kier alpha value is -2.08. The van der Waals surface area contributed by atoms with Gasteiger partial charge in [0.2, 0.25) is 0 Å². The van der Waals surface area contributed by atoms with Crippen molar-refractivity contribution in [1.82, 2.24) is 14.8 Å². The maximum Gasteiger partial charge on any atom is 0.404 e. The molecular weight excluding hydrogens is 316 g/mol. The Bertz CT molecular complexity index is 682. The van der Waals surface area contributed by atoms with E-state index >= 15 is 0 Å². The number of pyridine rings is 1. The highest BCUT2D eigenvalue weighted by molar-refractivity contribution is 6.32. The quantitative estimate of drug-likeness (QED) is 0.820. The van der Waals surface area contributed by atoms with E-state index in [1.54, 1.807) is 6.20 Å². The summed E-state index contributed by atoms with van der Waals surface area (Å²) in [4.78, 5) is 14.8. The van der Waals surface area contributed by atoms with Gasteiger partial charge in [0.05, 0.1) is 29.6 Å². The average Bonchev–Trinajstić information content (AvgIpc) is 2.94. The highest BCUT2D eigenvalue weighted by Gasteiger charge is 2.30. The van der Waals surface area contributed by atoms with Crippen molar-refractivity contribution in [3.8, 4) is 11.3 Å². The Morgan fingerprint density at radius 2 is 2.30 bits per heavy atom. The smallest absolute Gasteiger partial charge is 0.404 e. The summed E-state index contributed by atoms with van der Waals surface area (Å²) in [6.45, 7) is 0.403. The minimum atomic E-state index is -0.700. The van der Waals surface area contributed by atoms with Crippen LogP contribution in [0, 0.1) is 5.92 Å². The largest absolute Gasteiger partial charge is 0.450 e. The number of primary amides is 1. The van der Waals surface area contributed by atoms with Gasteiger partial charge >= 0.3 is 6.09 Å². The standard InChI is InChI=1S/C16H19ClN4O2/c17-14-4-1-5-19-15(14)12-9-20-21(10-12)13-7-11(8-13)3-2-6-23-16(18)22/h1,4-5,9-11,13H,2-3,6-8H2,(H2,18,22). The van der Waals surface area contributed by atoms with Crippen molar-refractivity contribution in [1.29, 1.82) is 0 Å². The van der Waals surface area contributed by atoms with Crippen molar-refractivity contribution in [3.63, 3.8) is 0 Å². The Morgan fingerprint density at radius 1 is 1.48 bits per heavy atom. The van der Waals surface area contributed by atoms with Gasteiger partial charge in [0.25, 0.3) is 0 Å². The predicted octanol–water partition coefficient (Wildman–Crippen LogP) is 3.43. The third-order valence-corrected chi connectivity index (χ3v) is 4.52. The molecule has 0 spiro atoms. The topological polar surface area (TPSA) is 83.0 Å². The number of ether oxygens (including phenoxy) is 1. The lowest BCUT2D eigenvalue weighted by Gasteiger charge is -2.35. The summed E-state index contributed by atoms with van der Waals surface area (Å²) in [6.07, 6.45) is 8.92. The maximum atomic E-state index is 10.5. The molecule has 1 fully saturated rings. The van der Waals surface area contributed by atoms with Crippen LogP contribution in [0.2, 0.25) is 5.02 Å². The normalized spacial score (nSPS) is 20.0. The zero-order chi connectivity index (χ0) is 16.2. The van der Waals surface area contributed by atoms with Crippen LogP contribution in [0.1, 0.15) is 31.7 Å². The molecule has 2 aromatic heterocycles. The number of carbonyl (C=O) groups is 1. The van der Waals surface area contributed by atoms with Crippen molar-refractivity contribution < 1.29 is 9.53 Å². The van der Waals surface area contributed by atoms with Crippen LogP contribution in [0.15, 0.2) is 30.7 Å². The molecule has 2 heterocycles. The van der Waals surface area contributed by atoms with Crippen molar-refractivity contribution >= 4 is 17.7 Å². The summed E-state index contributed by atoms with van der Waals surface area (Å²) in [5, 5.41) is 5.07. The van der Waals surface area contributed by atoms with E-state index in [1.807, 2.05) is 29.2 Å². The molecule has 122 valence electrons. The lowest BCUT2D eigenvalue weighted by molar-refractivity contribution is 0.135. The third kappa shape index (κ3) is 3.82. The van der Waals surface area contributed by atoms with Crippen LogP contribution < -0.4 is 5.73 Å². The fourth-order valence-electron chi connectivity index (χ4n) is 2.96. The summed E-state index contributed by atoms with van der Waals surface area (Å²) in [5.74, 6) is 0.655. The van der Waals surface area contributed by atoms with Gasteiger partial charge in [0, 0.05) is 18.0 Å². The number of carbonyl (C=O) groups excluding carboxylic acids is 1. The second-order valence-electron chi connectivity index (χ2n) is 5.84. The zero-order valence-corrected chi connectivity index (χ0v) is 13.4. The van der Waals surface area contributed by atoms with E-state index in [0.717, 1.165) is 36.9 Å².